The molecule has 0 unspecified atom stereocenters. The van der Waals surface area contributed by atoms with Gasteiger partial charge in [-0.25, -0.2) is 4.98 Å². The van der Waals surface area contributed by atoms with Crippen LogP contribution in [-0.4, -0.2) is 17.1 Å². The molecule has 0 radical (unpaired) electrons. The summed E-state index contributed by atoms with van der Waals surface area (Å²) in [5.74, 6) is 1.02. The van der Waals surface area contributed by atoms with Crippen LogP contribution in [0.1, 0.15) is 11.4 Å². The number of benzene rings is 2. The van der Waals surface area contributed by atoms with Crippen molar-refractivity contribution in [2.24, 2.45) is 0 Å². The van der Waals surface area contributed by atoms with Crippen molar-refractivity contribution in [3.63, 3.8) is 0 Å². The molecular weight excluding hydrogens is 335 g/mol. The lowest BCUT2D eigenvalue weighted by molar-refractivity contribution is 0.414. The zero-order valence-corrected chi connectivity index (χ0v) is 13.7. The van der Waals surface area contributed by atoms with Gasteiger partial charge in [0, 0.05) is 5.02 Å². The fourth-order valence-corrected chi connectivity index (χ4v) is 2.56. The molecule has 0 saturated heterocycles. The summed E-state index contributed by atoms with van der Waals surface area (Å²) in [7, 11) is 1.60. The Bertz CT molecular complexity index is 964. The molecule has 0 aliphatic heterocycles. The first-order valence-corrected chi connectivity index (χ1v) is 7.53. The standard InChI is InChI=1S/C17H12Cl2N2O2/c1-23-12-4-2-3-10(7-12)8-14(19)16-20-15-6-5-11(18)9-13(15)17(22)21-16/h2-9H,1H3,(H,20,21,22)/b14-8-. The SMILES string of the molecule is COc1cccc(/C=C(\Cl)c2nc3ccc(Cl)cc3c(=O)[nH]2)c1. The lowest BCUT2D eigenvalue weighted by atomic mass is 10.2. The van der Waals surface area contributed by atoms with E-state index in [-0.39, 0.29) is 5.56 Å². The van der Waals surface area contributed by atoms with E-state index in [4.69, 9.17) is 27.9 Å². The summed E-state index contributed by atoms with van der Waals surface area (Å²) in [5.41, 5.74) is 1.09. The van der Waals surface area contributed by atoms with Crippen molar-refractivity contribution in [1.82, 2.24) is 9.97 Å². The maximum Gasteiger partial charge on any atom is 0.259 e. The number of nitrogens with zero attached hydrogens (tertiary/aromatic N) is 1. The molecule has 2 aromatic carbocycles. The molecule has 1 aromatic heterocycles. The number of nitrogens with one attached hydrogen (secondary N) is 1. The summed E-state index contributed by atoms with van der Waals surface area (Å²) in [5, 5.41) is 1.23. The number of halogens is 2. The molecule has 0 aliphatic rings. The Kier molecular flexibility index (Phi) is 4.37. The van der Waals surface area contributed by atoms with Crippen molar-refractivity contribution in [2.75, 3.05) is 7.11 Å². The Hall–Kier alpha value is -2.30. The van der Waals surface area contributed by atoms with Crippen LogP contribution >= 0.6 is 23.2 Å². The van der Waals surface area contributed by atoms with E-state index >= 15 is 0 Å². The van der Waals surface area contributed by atoms with Gasteiger partial charge in [-0.15, -0.1) is 0 Å². The summed E-state index contributed by atoms with van der Waals surface area (Å²) in [6, 6.07) is 12.3. The van der Waals surface area contributed by atoms with Gasteiger partial charge in [-0.3, -0.25) is 4.79 Å². The average Bonchev–Trinajstić information content (AvgIpc) is 2.55. The monoisotopic (exact) mass is 346 g/mol. The molecule has 3 rings (SSSR count). The minimum atomic E-state index is -0.287. The van der Waals surface area contributed by atoms with Crippen LogP contribution < -0.4 is 10.3 Å². The zero-order chi connectivity index (χ0) is 16.4. The Morgan fingerprint density at radius 2 is 2.09 bits per heavy atom. The lowest BCUT2D eigenvalue weighted by Crippen LogP contribution is -2.10. The third kappa shape index (κ3) is 3.38. The van der Waals surface area contributed by atoms with Crippen molar-refractivity contribution in [1.29, 1.82) is 0 Å². The average molecular weight is 347 g/mol. The van der Waals surface area contributed by atoms with Gasteiger partial charge >= 0.3 is 0 Å². The first kappa shape index (κ1) is 15.6. The number of aromatic amines is 1. The van der Waals surface area contributed by atoms with Crippen LogP contribution in [0.3, 0.4) is 0 Å². The molecule has 23 heavy (non-hydrogen) atoms. The quantitative estimate of drug-likeness (QED) is 0.768. The van der Waals surface area contributed by atoms with Gasteiger partial charge in [0.25, 0.3) is 5.56 Å². The first-order valence-electron chi connectivity index (χ1n) is 6.78. The van der Waals surface area contributed by atoms with Crippen molar-refractivity contribution in [3.8, 4) is 5.75 Å². The molecule has 0 spiro atoms. The topological polar surface area (TPSA) is 55.0 Å². The normalized spacial score (nSPS) is 11.7. The molecule has 0 bridgehead atoms. The van der Waals surface area contributed by atoms with Crippen molar-refractivity contribution < 1.29 is 4.74 Å². The van der Waals surface area contributed by atoms with Crippen LogP contribution in [0.15, 0.2) is 47.3 Å². The highest BCUT2D eigenvalue weighted by atomic mass is 35.5. The molecule has 0 fully saturated rings. The summed E-state index contributed by atoms with van der Waals surface area (Å²) < 4.78 is 5.17. The second kappa shape index (κ2) is 6.44. The first-order chi connectivity index (χ1) is 11.1. The number of rotatable bonds is 3. The van der Waals surface area contributed by atoms with Crippen molar-refractivity contribution >= 4 is 45.2 Å². The Balaban J connectivity index is 2.06. The van der Waals surface area contributed by atoms with E-state index in [1.54, 1.807) is 31.4 Å². The van der Waals surface area contributed by atoms with Gasteiger partial charge in [-0.2, -0.15) is 0 Å². The van der Waals surface area contributed by atoms with E-state index < -0.39 is 0 Å². The molecule has 116 valence electrons. The maximum atomic E-state index is 12.1. The lowest BCUT2D eigenvalue weighted by Gasteiger charge is -2.04. The molecule has 0 amide bonds. The molecule has 6 heteroatoms. The smallest absolute Gasteiger partial charge is 0.259 e. The van der Waals surface area contributed by atoms with E-state index in [1.807, 2.05) is 24.3 Å². The van der Waals surface area contributed by atoms with Gasteiger partial charge in [-0.1, -0.05) is 35.3 Å². The predicted molar refractivity (Wildman–Crippen MR) is 94.1 cm³/mol. The van der Waals surface area contributed by atoms with E-state index in [9.17, 15) is 4.79 Å². The second-order valence-corrected chi connectivity index (χ2v) is 5.69. The molecule has 0 aliphatic carbocycles. The van der Waals surface area contributed by atoms with Crippen LogP contribution in [0, 0.1) is 0 Å². The molecule has 0 atom stereocenters. The predicted octanol–water partition coefficient (Wildman–Crippen LogP) is 4.32. The number of aromatic nitrogens is 2. The highest BCUT2D eigenvalue weighted by molar-refractivity contribution is 6.50. The molecule has 1 N–H and O–H groups in total. The number of fused-ring (bicyclic) bond motifs is 1. The minimum Gasteiger partial charge on any atom is -0.497 e. The van der Waals surface area contributed by atoms with Gasteiger partial charge < -0.3 is 9.72 Å². The summed E-state index contributed by atoms with van der Waals surface area (Å²) in [4.78, 5) is 19.2. The molecule has 0 saturated carbocycles. The van der Waals surface area contributed by atoms with Crippen LogP contribution in [0.4, 0.5) is 0 Å². The van der Waals surface area contributed by atoms with E-state index in [0.29, 0.717) is 26.8 Å². The number of ether oxygens (including phenoxy) is 1. The van der Waals surface area contributed by atoms with E-state index in [2.05, 4.69) is 9.97 Å². The molecule has 1 heterocycles. The Morgan fingerprint density at radius 3 is 2.87 bits per heavy atom. The largest absolute Gasteiger partial charge is 0.497 e. The zero-order valence-electron chi connectivity index (χ0n) is 12.1. The second-order valence-electron chi connectivity index (χ2n) is 4.84. The van der Waals surface area contributed by atoms with E-state index in [0.717, 1.165) is 11.3 Å². The maximum absolute atomic E-state index is 12.1. The van der Waals surface area contributed by atoms with Crippen LogP contribution in [-0.2, 0) is 0 Å². The molecule has 4 nitrogen and oxygen atoms in total. The number of H-pyrrole nitrogens is 1. The number of methoxy groups -OCH3 is 1. The van der Waals surface area contributed by atoms with Gasteiger partial charge in [-0.05, 0) is 42.0 Å². The fourth-order valence-electron chi connectivity index (χ4n) is 2.17. The van der Waals surface area contributed by atoms with Gasteiger partial charge in [0.2, 0.25) is 0 Å². The molecule has 3 aromatic rings. The Morgan fingerprint density at radius 1 is 1.26 bits per heavy atom. The number of hydrogen-bond acceptors (Lipinski definition) is 3. The van der Waals surface area contributed by atoms with Gasteiger partial charge in [0.1, 0.15) is 5.75 Å². The minimum absolute atomic E-state index is 0.287. The van der Waals surface area contributed by atoms with Crippen LogP contribution in [0.5, 0.6) is 5.75 Å². The summed E-state index contributed by atoms with van der Waals surface area (Å²) in [6.07, 6.45) is 1.71. The van der Waals surface area contributed by atoms with Gasteiger partial charge in [0.05, 0.1) is 23.0 Å². The van der Waals surface area contributed by atoms with Crippen LogP contribution in [0.2, 0.25) is 5.02 Å². The van der Waals surface area contributed by atoms with Crippen LogP contribution in [0.25, 0.3) is 22.0 Å². The van der Waals surface area contributed by atoms with Crippen molar-refractivity contribution in [2.45, 2.75) is 0 Å². The van der Waals surface area contributed by atoms with Gasteiger partial charge in [0.15, 0.2) is 5.82 Å². The van der Waals surface area contributed by atoms with E-state index in [1.165, 1.54) is 0 Å². The third-order valence-electron chi connectivity index (χ3n) is 3.28. The third-order valence-corrected chi connectivity index (χ3v) is 3.80. The molecular formula is C17H12Cl2N2O2. The Labute approximate surface area is 142 Å². The summed E-state index contributed by atoms with van der Waals surface area (Å²) in [6.45, 7) is 0. The highest BCUT2D eigenvalue weighted by Gasteiger charge is 2.07. The highest BCUT2D eigenvalue weighted by Crippen LogP contribution is 2.22. The number of hydrogen-bond donors (Lipinski definition) is 1. The summed E-state index contributed by atoms with van der Waals surface area (Å²) >= 11 is 12.2. The van der Waals surface area contributed by atoms with Crippen molar-refractivity contribution in [3.05, 3.63) is 69.2 Å². The fraction of sp³-hybridized carbons (Fsp3) is 0.0588.